The van der Waals surface area contributed by atoms with Gasteiger partial charge in [0.05, 0.1) is 0 Å². The van der Waals surface area contributed by atoms with E-state index in [-0.39, 0.29) is 36.4 Å². The van der Waals surface area contributed by atoms with E-state index in [9.17, 15) is 4.79 Å². The minimum absolute atomic E-state index is 0. The van der Waals surface area contributed by atoms with Crippen molar-refractivity contribution in [2.24, 2.45) is 10.9 Å². The molecule has 0 spiro atoms. The van der Waals surface area contributed by atoms with Crippen LogP contribution in [0.2, 0.25) is 0 Å². The van der Waals surface area contributed by atoms with Crippen molar-refractivity contribution in [3.8, 4) is 0 Å². The van der Waals surface area contributed by atoms with Gasteiger partial charge in [-0.15, -0.1) is 24.0 Å². The van der Waals surface area contributed by atoms with Gasteiger partial charge < -0.3 is 15.5 Å². The lowest BCUT2D eigenvalue weighted by Gasteiger charge is -2.18. The summed E-state index contributed by atoms with van der Waals surface area (Å²) in [5, 5.41) is 6.94. The fourth-order valence-electron chi connectivity index (χ4n) is 3.60. The van der Waals surface area contributed by atoms with E-state index in [0.29, 0.717) is 6.04 Å². The van der Waals surface area contributed by atoms with E-state index in [0.717, 1.165) is 18.4 Å². The van der Waals surface area contributed by atoms with Gasteiger partial charge >= 0.3 is 0 Å². The molecule has 2 aliphatic rings. The van der Waals surface area contributed by atoms with Crippen molar-refractivity contribution >= 4 is 35.8 Å². The second-order valence-corrected chi connectivity index (χ2v) is 7.30. The molecule has 2 aliphatic carbocycles. The van der Waals surface area contributed by atoms with Crippen molar-refractivity contribution in [3.05, 3.63) is 0 Å². The molecule has 24 heavy (non-hydrogen) atoms. The molecule has 0 aromatic rings. The quantitative estimate of drug-likeness (QED) is 0.271. The van der Waals surface area contributed by atoms with E-state index in [2.05, 4.69) is 15.6 Å². The summed E-state index contributed by atoms with van der Waals surface area (Å²) in [5.41, 5.74) is 0. The molecule has 0 saturated heterocycles. The second-order valence-electron chi connectivity index (χ2n) is 7.30. The molecule has 140 valence electrons. The van der Waals surface area contributed by atoms with Gasteiger partial charge in [-0.2, -0.15) is 0 Å². The minimum atomic E-state index is 0. The maximum absolute atomic E-state index is 11.8. The number of nitrogens with zero attached hydrogens (tertiary/aromatic N) is 2. The van der Waals surface area contributed by atoms with Gasteiger partial charge in [0.25, 0.3) is 0 Å². The number of nitrogens with one attached hydrogen (secondary N) is 2. The van der Waals surface area contributed by atoms with Crippen LogP contribution in [0, 0.1) is 5.92 Å². The van der Waals surface area contributed by atoms with E-state index < -0.39 is 0 Å². The Kier molecular flexibility index (Phi) is 10.7. The zero-order valence-corrected chi connectivity index (χ0v) is 17.7. The first-order chi connectivity index (χ1) is 11.1. The highest BCUT2D eigenvalue weighted by atomic mass is 127. The van der Waals surface area contributed by atoms with Gasteiger partial charge in [-0.1, -0.05) is 38.5 Å². The number of aliphatic imine (C=N–C) groups is 1. The standard InChI is InChI=1S/C18H34N4O.HI/c1-22(2)17(23)14-20-18(21-16-11-5-6-12-16)19-13-7-10-15-8-3-4-9-15;/h15-16H,3-14H2,1-2H3,(H2,19,20,21);1H. The third-order valence-electron chi connectivity index (χ3n) is 5.12. The van der Waals surface area contributed by atoms with Crippen LogP contribution in [0.1, 0.15) is 64.2 Å². The summed E-state index contributed by atoms with van der Waals surface area (Å²) >= 11 is 0. The zero-order valence-electron chi connectivity index (χ0n) is 15.4. The van der Waals surface area contributed by atoms with E-state index in [1.54, 1.807) is 19.0 Å². The van der Waals surface area contributed by atoms with Crippen LogP contribution < -0.4 is 10.6 Å². The second kappa shape index (κ2) is 11.9. The Hall–Kier alpha value is -0.530. The first-order valence-electron chi connectivity index (χ1n) is 9.40. The van der Waals surface area contributed by atoms with Crippen molar-refractivity contribution in [1.82, 2.24) is 15.5 Å². The number of carbonyl (C=O) groups excluding carboxylic acids is 1. The van der Waals surface area contributed by atoms with Gasteiger partial charge in [-0.05, 0) is 31.6 Å². The van der Waals surface area contributed by atoms with Crippen LogP contribution in [0.5, 0.6) is 0 Å². The van der Waals surface area contributed by atoms with Crippen LogP contribution in [0.3, 0.4) is 0 Å². The van der Waals surface area contributed by atoms with Crippen molar-refractivity contribution in [1.29, 1.82) is 0 Å². The molecule has 0 atom stereocenters. The Morgan fingerprint density at radius 3 is 2.33 bits per heavy atom. The van der Waals surface area contributed by atoms with Crippen LogP contribution in [0.25, 0.3) is 0 Å². The average molecular weight is 450 g/mol. The first-order valence-corrected chi connectivity index (χ1v) is 9.40. The van der Waals surface area contributed by atoms with Crippen molar-refractivity contribution in [2.75, 3.05) is 27.2 Å². The lowest BCUT2D eigenvalue weighted by Crippen LogP contribution is -2.43. The minimum Gasteiger partial charge on any atom is -0.356 e. The molecule has 6 heteroatoms. The molecule has 0 bridgehead atoms. The van der Waals surface area contributed by atoms with Crippen molar-refractivity contribution in [2.45, 2.75) is 70.3 Å². The number of likely N-dealkylation sites (N-methyl/N-ethyl adjacent to an activating group) is 1. The normalized spacial score (nSPS) is 19.2. The van der Waals surface area contributed by atoms with Gasteiger partial charge in [0.2, 0.25) is 5.91 Å². The number of hydrogen-bond acceptors (Lipinski definition) is 2. The lowest BCUT2D eigenvalue weighted by atomic mass is 10.0. The summed E-state index contributed by atoms with van der Waals surface area (Å²) in [7, 11) is 3.55. The molecule has 2 fully saturated rings. The molecule has 0 heterocycles. The third-order valence-corrected chi connectivity index (χ3v) is 5.12. The fraction of sp³-hybridized carbons (Fsp3) is 0.889. The number of amides is 1. The molecule has 5 nitrogen and oxygen atoms in total. The predicted octanol–water partition coefficient (Wildman–Crippen LogP) is 3.14. The Morgan fingerprint density at radius 2 is 1.71 bits per heavy atom. The SMILES string of the molecule is CN(C)C(=O)CN=C(NCCCC1CCCC1)NC1CCCC1.I. The number of rotatable bonds is 7. The van der Waals surface area contributed by atoms with Gasteiger partial charge in [0.15, 0.2) is 5.96 Å². The molecule has 0 aromatic heterocycles. The molecule has 0 unspecified atom stereocenters. The molecule has 0 radical (unpaired) electrons. The number of halogens is 1. The van der Waals surface area contributed by atoms with E-state index >= 15 is 0 Å². The third kappa shape index (κ3) is 8.03. The van der Waals surface area contributed by atoms with Crippen molar-refractivity contribution in [3.63, 3.8) is 0 Å². The molecule has 2 saturated carbocycles. The Morgan fingerprint density at radius 1 is 1.08 bits per heavy atom. The van der Waals surface area contributed by atoms with Gasteiger partial charge in [0, 0.05) is 26.7 Å². The lowest BCUT2D eigenvalue weighted by molar-refractivity contribution is -0.127. The molecule has 2 N–H and O–H groups in total. The summed E-state index contributed by atoms with van der Waals surface area (Å²) in [6.45, 7) is 1.17. The highest BCUT2D eigenvalue weighted by Gasteiger charge is 2.17. The van der Waals surface area contributed by atoms with Gasteiger partial charge in [0.1, 0.15) is 6.54 Å². The van der Waals surface area contributed by atoms with E-state index in [1.807, 2.05) is 0 Å². The fourth-order valence-corrected chi connectivity index (χ4v) is 3.60. The van der Waals surface area contributed by atoms with E-state index in [1.165, 1.54) is 64.2 Å². The monoisotopic (exact) mass is 450 g/mol. The predicted molar refractivity (Wildman–Crippen MR) is 111 cm³/mol. The first kappa shape index (κ1) is 21.5. The number of hydrogen-bond donors (Lipinski definition) is 2. The summed E-state index contributed by atoms with van der Waals surface area (Å²) in [6, 6.07) is 0.519. The molecular weight excluding hydrogens is 415 g/mol. The smallest absolute Gasteiger partial charge is 0.243 e. The highest BCUT2D eigenvalue weighted by molar-refractivity contribution is 14.0. The largest absolute Gasteiger partial charge is 0.356 e. The number of guanidine groups is 1. The maximum atomic E-state index is 11.8. The summed E-state index contributed by atoms with van der Waals surface area (Å²) in [5.74, 6) is 1.80. The summed E-state index contributed by atoms with van der Waals surface area (Å²) in [4.78, 5) is 17.8. The Balaban J connectivity index is 0.00000288. The molecule has 2 rings (SSSR count). The van der Waals surface area contributed by atoms with Crippen LogP contribution in [-0.2, 0) is 4.79 Å². The molecule has 0 aliphatic heterocycles. The Labute approximate surface area is 164 Å². The molecular formula is C18H35IN4O. The summed E-state index contributed by atoms with van der Waals surface area (Å²) in [6.07, 6.45) is 13.2. The van der Waals surface area contributed by atoms with Gasteiger partial charge in [-0.25, -0.2) is 4.99 Å². The van der Waals surface area contributed by atoms with Crippen LogP contribution >= 0.6 is 24.0 Å². The average Bonchev–Trinajstić information content (AvgIpc) is 3.21. The van der Waals surface area contributed by atoms with E-state index in [4.69, 9.17) is 0 Å². The Bertz CT molecular complexity index is 388. The zero-order chi connectivity index (χ0) is 16.5. The maximum Gasteiger partial charge on any atom is 0.243 e. The number of carbonyl (C=O) groups is 1. The molecule has 1 amide bonds. The topological polar surface area (TPSA) is 56.7 Å². The highest BCUT2D eigenvalue weighted by Crippen LogP contribution is 2.28. The molecule has 0 aromatic carbocycles. The van der Waals surface area contributed by atoms with Crippen LogP contribution in [0.4, 0.5) is 0 Å². The summed E-state index contributed by atoms with van der Waals surface area (Å²) < 4.78 is 0. The van der Waals surface area contributed by atoms with Gasteiger partial charge in [-0.3, -0.25) is 4.79 Å². The van der Waals surface area contributed by atoms with Crippen LogP contribution in [0.15, 0.2) is 4.99 Å². The van der Waals surface area contributed by atoms with Crippen molar-refractivity contribution < 1.29 is 4.79 Å². The van der Waals surface area contributed by atoms with Crippen LogP contribution in [-0.4, -0.2) is 50.0 Å².